The minimum atomic E-state index is 1.18. The highest BCUT2D eigenvalue weighted by Gasteiger charge is 2.12. The fraction of sp³-hybridized carbons (Fsp3) is 0. The average molecular weight is 470 g/mol. The Bertz CT molecular complexity index is 2070. The molecule has 0 radical (unpaired) electrons. The summed E-state index contributed by atoms with van der Waals surface area (Å²) in [7, 11) is 0. The lowest BCUT2D eigenvalue weighted by Crippen LogP contribution is -1.93. The first-order chi connectivity index (χ1) is 18.3. The van der Waals surface area contributed by atoms with E-state index in [-0.39, 0.29) is 0 Å². The lowest BCUT2D eigenvalue weighted by Gasteiger charge is -2.12. The summed E-state index contributed by atoms with van der Waals surface area (Å²) in [5.41, 5.74) is 6.15. The maximum Gasteiger partial charge on any atom is 0.0541 e. The maximum absolute atomic E-state index is 2.38. The standard InChI is InChI=1S/C36H23N/c1-2-10-29-24(8-1)16-17-27-22-26-9-7-13-30(33(26)23-34(27)29)25-18-20-28(21-19-25)37-35-14-5-3-11-31(35)32-12-4-6-15-36(32)37/h1-23H. The van der Waals surface area contributed by atoms with Crippen LogP contribution < -0.4 is 0 Å². The third-order valence-corrected chi connectivity index (χ3v) is 7.76. The Labute approximate surface area is 214 Å². The number of hydrogen-bond acceptors (Lipinski definition) is 0. The molecule has 1 heteroatoms. The number of fused-ring (bicyclic) bond motifs is 7. The van der Waals surface area contributed by atoms with Crippen molar-refractivity contribution in [2.24, 2.45) is 0 Å². The zero-order valence-corrected chi connectivity index (χ0v) is 20.2. The Morgan fingerprint density at radius 1 is 0.351 bits per heavy atom. The summed E-state index contributed by atoms with van der Waals surface area (Å²) < 4.78 is 2.37. The molecule has 7 aromatic carbocycles. The Balaban J connectivity index is 1.32. The minimum absolute atomic E-state index is 1.18. The van der Waals surface area contributed by atoms with Gasteiger partial charge in [-0.15, -0.1) is 0 Å². The largest absolute Gasteiger partial charge is 0.309 e. The van der Waals surface area contributed by atoms with Crippen LogP contribution in [0.15, 0.2) is 140 Å². The molecule has 0 saturated heterocycles. The molecule has 1 nitrogen and oxygen atoms in total. The predicted octanol–water partition coefficient (Wildman–Crippen LogP) is 9.91. The zero-order chi connectivity index (χ0) is 24.3. The van der Waals surface area contributed by atoms with Gasteiger partial charge >= 0.3 is 0 Å². The van der Waals surface area contributed by atoms with Crippen molar-refractivity contribution in [1.82, 2.24) is 4.57 Å². The van der Waals surface area contributed by atoms with E-state index in [1.807, 2.05) is 0 Å². The van der Waals surface area contributed by atoms with E-state index in [0.29, 0.717) is 0 Å². The van der Waals surface area contributed by atoms with Gasteiger partial charge in [-0.05, 0) is 79.8 Å². The van der Waals surface area contributed by atoms with Gasteiger partial charge in [0.15, 0.2) is 0 Å². The van der Waals surface area contributed by atoms with Gasteiger partial charge in [0.2, 0.25) is 0 Å². The van der Waals surface area contributed by atoms with Crippen LogP contribution in [0, 0.1) is 0 Å². The molecule has 0 bridgehead atoms. The van der Waals surface area contributed by atoms with Crippen LogP contribution in [-0.2, 0) is 0 Å². The smallest absolute Gasteiger partial charge is 0.0541 e. The van der Waals surface area contributed by atoms with E-state index in [9.17, 15) is 0 Å². The number of rotatable bonds is 2. The van der Waals surface area contributed by atoms with Crippen LogP contribution in [0.5, 0.6) is 0 Å². The molecule has 0 spiro atoms. The first-order valence-electron chi connectivity index (χ1n) is 12.8. The van der Waals surface area contributed by atoms with Crippen LogP contribution in [0.1, 0.15) is 0 Å². The first-order valence-corrected chi connectivity index (χ1v) is 12.8. The number of aromatic nitrogens is 1. The normalized spacial score (nSPS) is 11.8. The molecule has 0 aliphatic carbocycles. The molecule has 0 fully saturated rings. The third kappa shape index (κ3) is 3.04. The van der Waals surface area contributed by atoms with Crippen molar-refractivity contribution in [3.05, 3.63) is 140 Å². The Morgan fingerprint density at radius 3 is 1.70 bits per heavy atom. The molecule has 0 N–H and O–H groups in total. The van der Waals surface area contributed by atoms with Crippen LogP contribution in [0.2, 0.25) is 0 Å². The van der Waals surface area contributed by atoms with Gasteiger partial charge in [-0.1, -0.05) is 103 Å². The topological polar surface area (TPSA) is 4.93 Å². The molecule has 172 valence electrons. The van der Waals surface area contributed by atoms with Crippen molar-refractivity contribution in [3.8, 4) is 16.8 Å². The summed E-state index contributed by atoms with van der Waals surface area (Å²) in [6.07, 6.45) is 0. The van der Waals surface area contributed by atoms with Crippen molar-refractivity contribution in [2.75, 3.05) is 0 Å². The van der Waals surface area contributed by atoms with Crippen LogP contribution in [-0.4, -0.2) is 4.57 Å². The molecule has 8 aromatic rings. The van der Waals surface area contributed by atoms with E-state index < -0.39 is 0 Å². The van der Waals surface area contributed by atoms with Crippen LogP contribution in [0.4, 0.5) is 0 Å². The lowest BCUT2D eigenvalue weighted by atomic mass is 9.93. The molecule has 8 rings (SSSR count). The van der Waals surface area contributed by atoms with E-state index in [4.69, 9.17) is 0 Å². The maximum atomic E-state index is 2.38. The van der Waals surface area contributed by atoms with Gasteiger partial charge in [-0.2, -0.15) is 0 Å². The monoisotopic (exact) mass is 469 g/mol. The average Bonchev–Trinajstić information content (AvgIpc) is 3.30. The van der Waals surface area contributed by atoms with Gasteiger partial charge < -0.3 is 4.57 Å². The quantitative estimate of drug-likeness (QED) is 0.175. The molecule has 0 amide bonds. The van der Waals surface area contributed by atoms with Crippen molar-refractivity contribution >= 4 is 54.1 Å². The van der Waals surface area contributed by atoms with Crippen LogP contribution in [0.3, 0.4) is 0 Å². The van der Waals surface area contributed by atoms with Crippen molar-refractivity contribution < 1.29 is 0 Å². The summed E-state index contributed by atoms with van der Waals surface area (Å²) in [5.74, 6) is 0. The molecular weight excluding hydrogens is 446 g/mol. The number of hydrogen-bond donors (Lipinski definition) is 0. The summed E-state index contributed by atoms with van der Waals surface area (Å²) in [4.78, 5) is 0. The van der Waals surface area contributed by atoms with E-state index in [1.54, 1.807) is 0 Å². The molecule has 1 heterocycles. The van der Waals surface area contributed by atoms with Crippen LogP contribution in [0.25, 0.3) is 70.9 Å². The van der Waals surface area contributed by atoms with E-state index >= 15 is 0 Å². The predicted molar refractivity (Wildman–Crippen MR) is 159 cm³/mol. The molecule has 0 atom stereocenters. The molecule has 1 aromatic heterocycles. The Morgan fingerprint density at radius 2 is 0.946 bits per heavy atom. The highest BCUT2D eigenvalue weighted by atomic mass is 15.0. The second kappa shape index (κ2) is 7.81. The lowest BCUT2D eigenvalue weighted by molar-refractivity contribution is 1.18. The van der Waals surface area contributed by atoms with Crippen molar-refractivity contribution in [3.63, 3.8) is 0 Å². The summed E-state index contributed by atoms with van der Waals surface area (Å²) in [6, 6.07) is 50.8. The zero-order valence-electron chi connectivity index (χ0n) is 20.2. The fourth-order valence-corrected chi connectivity index (χ4v) is 6.02. The van der Waals surface area contributed by atoms with Crippen molar-refractivity contribution in [1.29, 1.82) is 0 Å². The molecular formula is C36H23N. The molecule has 0 unspecified atom stereocenters. The Hall–Kier alpha value is -4.88. The Kier molecular flexibility index (Phi) is 4.29. The summed E-state index contributed by atoms with van der Waals surface area (Å²) in [6.45, 7) is 0. The molecule has 0 aliphatic rings. The summed E-state index contributed by atoms with van der Waals surface area (Å²) in [5, 5.41) is 10.3. The second-order valence-corrected chi connectivity index (χ2v) is 9.80. The highest BCUT2D eigenvalue weighted by Crippen LogP contribution is 2.36. The first kappa shape index (κ1) is 20.3. The van der Waals surface area contributed by atoms with E-state index in [0.717, 1.165) is 0 Å². The number of para-hydroxylation sites is 2. The third-order valence-electron chi connectivity index (χ3n) is 7.76. The molecule has 37 heavy (non-hydrogen) atoms. The van der Waals surface area contributed by atoms with Gasteiger partial charge in [-0.25, -0.2) is 0 Å². The van der Waals surface area contributed by atoms with Gasteiger partial charge in [-0.3, -0.25) is 0 Å². The minimum Gasteiger partial charge on any atom is -0.309 e. The van der Waals surface area contributed by atoms with E-state index in [2.05, 4.69) is 144 Å². The molecule has 0 aliphatic heterocycles. The second-order valence-electron chi connectivity index (χ2n) is 9.80. The van der Waals surface area contributed by atoms with E-state index in [1.165, 1.54) is 70.9 Å². The van der Waals surface area contributed by atoms with Gasteiger partial charge in [0, 0.05) is 16.5 Å². The van der Waals surface area contributed by atoms with Crippen molar-refractivity contribution in [2.45, 2.75) is 0 Å². The van der Waals surface area contributed by atoms with Crippen LogP contribution >= 0.6 is 0 Å². The number of benzene rings is 7. The highest BCUT2D eigenvalue weighted by molar-refractivity contribution is 6.14. The van der Waals surface area contributed by atoms with Gasteiger partial charge in [0.05, 0.1) is 11.0 Å². The molecule has 0 saturated carbocycles. The fourth-order valence-electron chi connectivity index (χ4n) is 6.02. The van der Waals surface area contributed by atoms with Gasteiger partial charge in [0.1, 0.15) is 0 Å². The SMILES string of the molecule is c1cc(-c2ccc(-n3c4ccccc4c4ccccc43)cc2)c2cc3c(ccc4ccccc43)cc2c1. The summed E-state index contributed by atoms with van der Waals surface area (Å²) >= 11 is 0. The van der Waals surface area contributed by atoms with Gasteiger partial charge in [0.25, 0.3) is 0 Å². The number of nitrogens with zero attached hydrogens (tertiary/aromatic N) is 1.